The summed E-state index contributed by atoms with van der Waals surface area (Å²) in [5.74, 6) is -0.669. The number of carboxylic acid groups (broad SMARTS) is 1. The molecule has 2 heteroatoms. The second-order valence-corrected chi connectivity index (χ2v) is 3.47. The van der Waals surface area contributed by atoms with E-state index < -0.39 is 5.97 Å². The van der Waals surface area contributed by atoms with Crippen LogP contribution in [0.25, 0.3) is 0 Å². The molecular weight excluding hydrogens is 164 g/mol. The SMILES string of the molecule is [CH2-]CCCCCCCCCC(=O)O. The molecule has 0 atom stereocenters. The van der Waals surface area contributed by atoms with Crippen molar-refractivity contribution in [1.82, 2.24) is 0 Å². The highest BCUT2D eigenvalue weighted by Crippen LogP contribution is 2.09. The molecule has 0 aliphatic heterocycles. The van der Waals surface area contributed by atoms with Gasteiger partial charge in [0.05, 0.1) is 0 Å². The van der Waals surface area contributed by atoms with Crippen LogP contribution in [0, 0.1) is 6.92 Å². The second-order valence-electron chi connectivity index (χ2n) is 3.47. The van der Waals surface area contributed by atoms with Crippen LogP contribution < -0.4 is 0 Å². The largest absolute Gasteiger partial charge is 0.481 e. The number of aliphatic carboxylic acids is 1. The molecule has 0 saturated heterocycles. The van der Waals surface area contributed by atoms with E-state index in [1.807, 2.05) is 0 Å². The standard InChI is InChI=1S/C11H21O2/c1-2-3-4-5-6-7-8-9-10-11(12)13/h1-10H2,(H,12,13)/q-1. The third-order valence-corrected chi connectivity index (χ3v) is 2.14. The molecule has 0 saturated carbocycles. The molecule has 0 bridgehead atoms. The molecule has 0 aliphatic rings. The summed E-state index contributed by atoms with van der Waals surface area (Å²) in [5, 5.41) is 8.38. The van der Waals surface area contributed by atoms with Gasteiger partial charge < -0.3 is 12.0 Å². The minimum Gasteiger partial charge on any atom is -0.481 e. The normalized spacial score (nSPS) is 10.2. The van der Waals surface area contributed by atoms with Crippen LogP contribution in [-0.2, 0) is 4.79 Å². The van der Waals surface area contributed by atoms with E-state index in [1.54, 1.807) is 0 Å². The van der Waals surface area contributed by atoms with Crippen LogP contribution in [-0.4, -0.2) is 11.1 Å². The molecule has 0 radical (unpaired) electrons. The van der Waals surface area contributed by atoms with Gasteiger partial charge >= 0.3 is 5.97 Å². The predicted molar refractivity (Wildman–Crippen MR) is 54.5 cm³/mol. The van der Waals surface area contributed by atoms with E-state index in [9.17, 15) is 4.79 Å². The first-order valence-electron chi connectivity index (χ1n) is 5.28. The summed E-state index contributed by atoms with van der Waals surface area (Å²) in [6, 6.07) is 0. The van der Waals surface area contributed by atoms with Gasteiger partial charge in [-0.25, -0.2) is 0 Å². The summed E-state index contributed by atoms with van der Waals surface area (Å²) >= 11 is 0. The van der Waals surface area contributed by atoms with E-state index in [1.165, 1.54) is 32.1 Å². The molecule has 0 aromatic rings. The molecule has 2 nitrogen and oxygen atoms in total. The lowest BCUT2D eigenvalue weighted by Crippen LogP contribution is -1.93. The third-order valence-electron chi connectivity index (χ3n) is 2.14. The van der Waals surface area contributed by atoms with Gasteiger partial charge in [-0.3, -0.25) is 4.79 Å². The summed E-state index contributed by atoms with van der Waals surface area (Å²) in [6.07, 6.45) is 9.50. The minimum atomic E-state index is -0.669. The molecule has 0 unspecified atom stereocenters. The van der Waals surface area contributed by atoms with Crippen LogP contribution in [0.4, 0.5) is 0 Å². The van der Waals surface area contributed by atoms with E-state index in [-0.39, 0.29) is 0 Å². The molecule has 0 heterocycles. The molecule has 1 N–H and O–H groups in total. The topological polar surface area (TPSA) is 37.3 Å². The van der Waals surface area contributed by atoms with Crippen molar-refractivity contribution < 1.29 is 9.90 Å². The highest BCUT2D eigenvalue weighted by molar-refractivity contribution is 5.66. The maximum atomic E-state index is 10.2. The van der Waals surface area contributed by atoms with Crippen molar-refractivity contribution in [3.05, 3.63) is 6.92 Å². The van der Waals surface area contributed by atoms with Gasteiger partial charge in [-0.15, -0.1) is 0 Å². The van der Waals surface area contributed by atoms with E-state index in [2.05, 4.69) is 6.92 Å². The molecule has 0 amide bonds. The summed E-state index contributed by atoms with van der Waals surface area (Å²) in [4.78, 5) is 10.2. The third kappa shape index (κ3) is 11.5. The Kier molecular flexibility index (Phi) is 9.17. The van der Waals surface area contributed by atoms with Gasteiger partial charge in [0.1, 0.15) is 0 Å². The van der Waals surface area contributed by atoms with E-state index >= 15 is 0 Å². The van der Waals surface area contributed by atoms with Crippen LogP contribution in [0.2, 0.25) is 0 Å². The van der Waals surface area contributed by atoms with Crippen LogP contribution in [0.3, 0.4) is 0 Å². The van der Waals surface area contributed by atoms with Gasteiger partial charge in [-0.2, -0.15) is 6.42 Å². The van der Waals surface area contributed by atoms with Crippen LogP contribution >= 0.6 is 0 Å². The number of hydrogen-bond acceptors (Lipinski definition) is 1. The molecular formula is C11H21O2-. The summed E-state index contributed by atoms with van der Waals surface area (Å²) in [5.41, 5.74) is 0. The minimum absolute atomic E-state index is 0.332. The lowest BCUT2D eigenvalue weighted by atomic mass is 10.1. The first-order chi connectivity index (χ1) is 6.27. The zero-order valence-corrected chi connectivity index (χ0v) is 8.43. The number of carbonyl (C=O) groups is 1. The van der Waals surface area contributed by atoms with Crippen LogP contribution in [0.5, 0.6) is 0 Å². The van der Waals surface area contributed by atoms with Gasteiger partial charge in [0, 0.05) is 6.42 Å². The highest BCUT2D eigenvalue weighted by atomic mass is 16.4. The Morgan fingerprint density at radius 2 is 1.38 bits per heavy atom. The maximum absolute atomic E-state index is 10.2. The fourth-order valence-corrected chi connectivity index (χ4v) is 1.34. The van der Waals surface area contributed by atoms with Crippen molar-refractivity contribution >= 4 is 5.97 Å². The van der Waals surface area contributed by atoms with Gasteiger partial charge in [0.25, 0.3) is 0 Å². The van der Waals surface area contributed by atoms with Crippen LogP contribution in [0.15, 0.2) is 0 Å². The lowest BCUT2D eigenvalue weighted by Gasteiger charge is -2.00. The summed E-state index contributed by atoms with van der Waals surface area (Å²) in [6.45, 7) is 3.79. The zero-order valence-electron chi connectivity index (χ0n) is 8.43. The van der Waals surface area contributed by atoms with Gasteiger partial charge in [-0.1, -0.05) is 38.5 Å². The Hall–Kier alpha value is -0.530. The molecule has 0 rings (SSSR count). The molecule has 0 spiro atoms. The molecule has 13 heavy (non-hydrogen) atoms. The van der Waals surface area contributed by atoms with Crippen molar-refractivity contribution in [3.63, 3.8) is 0 Å². The van der Waals surface area contributed by atoms with Gasteiger partial charge in [0.15, 0.2) is 0 Å². The van der Waals surface area contributed by atoms with Gasteiger partial charge in [0.2, 0.25) is 0 Å². The highest BCUT2D eigenvalue weighted by Gasteiger charge is 1.95. The Labute approximate surface area is 81.3 Å². The molecule has 0 aliphatic carbocycles. The fourth-order valence-electron chi connectivity index (χ4n) is 1.34. The molecule has 78 valence electrons. The Bertz CT molecular complexity index is 121. The predicted octanol–water partition coefficient (Wildman–Crippen LogP) is 3.42. The van der Waals surface area contributed by atoms with E-state index in [4.69, 9.17) is 5.11 Å². The van der Waals surface area contributed by atoms with Crippen molar-refractivity contribution in [1.29, 1.82) is 0 Å². The Morgan fingerprint density at radius 3 is 1.85 bits per heavy atom. The van der Waals surface area contributed by atoms with Crippen molar-refractivity contribution in [3.8, 4) is 0 Å². The van der Waals surface area contributed by atoms with Crippen molar-refractivity contribution in [2.24, 2.45) is 0 Å². The lowest BCUT2D eigenvalue weighted by molar-refractivity contribution is -0.137. The van der Waals surface area contributed by atoms with Crippen molar-refractivity contribution in [2.45, 2.75) is 57.8 Å². The first kappa shape index (κ1) is 12.5. The van der Waals surface area contributed by atoms with E-state index in [0.717, 1.165) is 19.3 Å². The quantitative estimate of drug-likeness (QED) is 0.441. The molecule has 0 aromatic carbocycles. The smallest absolute Gasteiger partial charge is 0.303 e. The van der Waals surface area contributed by atoms with E-state index in [0.29, 0.717) is 6.42 Å². The average Bonchev–Trinajstić information content (AvgIpc) is 2.09. The second kappa shape index (κ2) is 9.56. The van der Waals surface area contributed by atoms with Gasteiger partial charge in [-0.05, 0) is 6.42 Å². The Morgan fingerprint density at radius 1 is 0.923 bits per heavy atom. The Balaban J connectivity index is 2.87. The summed E-state index contributed by atoms with van der Waals surface area (Å²) in [7, 11) is 0. The monoisotopic (exact) mass is 185 g/mol. The zero-order chi connectivity index (χ0) is 9.94. The number of carboxylic acids is 1. The number of rotatable bonds is 9. The van der Waals surface area contributed by atoms with Crippen LogP contribution in [0.1, 0.15) is 57.8 Å². The molecule has 0 fully saturated rings. The number of unbranched alkanes of at least 4 members (excludes halogenated alkanes) is 7. The summed E-state index contributed by atoms with van der Waals surface area (Å²) < 4.78 is 0. The van der Waals surface area contributed by atoms with Crippen molar-refractivity contribution in [2.75, 3.05) is 0 Å². The molecule has 0 aromatic heterocycles. The fraction of sp³-hybridized carbons (Fsp3) is 0.818. The average molecular weight is 185 g/mol. The number of hydrogen-bond donors (Lipinski definition) is 1. The first-order valence-corrected chi connectivity index (χ1v) is 5.28. The maximum Gasteiger partial charge on any atom is 0.303 e.